The fourth-order valence-electron chi connectivity index (χ4n) is 3.16. The van der Waals surface area contributed by atoms with Crippen molar-refractivity contribution < 1.29 is 40.6 Å². The third-order valence-electron chi connectivity index (χ3n) is 4.50. The van der Waals surface area contributed by atoms with Crippen molar-refractivity contribution in [2.45, 2.75) is 26.2 Å². The fourth-order valence-corrected chi connectivity index (χ4v) is 4.20. The highest BCUT2D eigenvalue weighted by Gasteiger charge is 2.37. The van der Waals surface area contributed by atoms with Gasteiger partial charge in [0, 0.05) is 5.56 Å². The largest absolute Gasteiger partial charge is 0.490 e. The summed E-state index contributed by atoms with van der Waals surface area (Å²) in [6, 6.07) is 4.11. The molecule has 1 aliphatic rings. The molecule has 0 atom stereocenters. The fraction of sp³-hybridized carbons (Fsp3) is 0.273. The van der Waals surface area contributed by atoms with Crippen LogP contribution in [0.2, 0.25) is 0 Å². The van der Waals surface area contributed by atoms with Gasteiger partial charge in [-0.3, -0.25) is 4.79 Å². The Hall–Kier alpha value is -2.73. The Morgan fingerprint density at radius 2 is 1.53 bits per heavy atom. The summed E-state index contributed by atoms with van der Waals surface area (Å²) in [5, 5.41) is 2.43. The van der Waals surface area contributed by atoms with Gasteiger partial charge in [-0.25, -0.2) is 0 Å². The number of hydrogen-bond acceptors (Lipinski definition) is 5. The van der Waals surface area contributed by atoms with Crippen molar-refractivity contribution >= 4 is 40.3 Å². The number of amides is 1. The van der Waals surface area contributed by atoms with Gasteiger partial charge in [0.15, 0.2) is 11.5 Å². The second-order valence-electron chi connectivity index (χ2n) is 6.91. The number of benzene rings is 2. The van der Waals surface area contributed by atoms with Crippen LogP contribution in [0.25, 0.3) is 17.2 Å². The number of hydrogen-bond donors (Lipinski definition) is 1. The van der Waals surface area contributed by atoms with Crippen LogP contribution in [-0.4, -0.2) is 23.4 Å². The molecule has 1 aliphatic heterocycles. The van der Waals surface area contributed by atoms with E-state index in [-0.39, 0.29) is 51.1 Å². The second-order valence-corrected chi connectivity index (χ2v) is 8.63. The van der Waals surface area contributed by atoms with Crippen LogP contribution in [0.3, 0.4) is 0 Å². The van der Waals surface area contributed by atoms with Crippen molar-refractivity contribution in [3.05, 3.63) is 51.9 Å². The molecule has 0 aromatic heterocycles. The van der Waals surface area contributed by atoms with E-state index in [1.165, 1.54) is 18.2 Å². The number of rotatable bonds is 6. The van der Waals surface area contributed by atoms with Gasteiger partial charge >= 0.3 is 12.4 Å². The smallest absolute Gasteiger partial charge is 0.416 e. The van der Waals surface area contributed by atoms with Gasteiger partial charge in [0.1, 0.15) is 4.32 Å². The summed E-state index contributed by atoms with van der Waals surface area (Å²) in [4.78, 5) is 12.3. The Morgan fingerprint density at radius 3 is 2.00 bits per heavy atom. The highest BCUT2D eigenvalue weighted by atomic mass is 32.2. The van der Waals surface area contributed by atoms with Gasteiger partial charge in [0.25, 0.3) is 5.91 Å². The molecule has 2 aromatic carbocycles. The number of ether oxygens (including phenoxy) is 2. The summed E-state index contributed by atoms with van der Waals surface area (Å²) in [6.07, 6.45) is -8.61. The first kappa shape index (κ1) is 25.9. The van der Waals surface area contributed by atoms with E-state index in [1.807, 2.05) is 0 Å². The summed E-state index contributed by atoms with van der Waals surface area (Å²) < 4.78 is 92.0. The molecular formula is C22H17F6NO3S2. The van der Waals surface area contributed by atoms with Crippen LogP contribution < -0.4 is 14.8 Å². The standard InChI is InChI=1S/C22H17F6NO3S2/c1-3-31-16-6-11(7-17-19(30)29-20(33)34-17)5-15(18(16)32-4-2)12-8-13(21(23,24)25)10-14(9-12)22(26,27)28/h5-10H,3-4H2,1-2H3,(H,29,30,33). The van der Waals surface area contributed by atoms with Gasteiger partial charge in [0.2, 0.25) is 0 Å². The number of carbonyl (C=O) groups is 1. The lowest BCUT2D eigenvalue weighted by atomic mass is 9.96. The lowest BCUT2D eigenvalue weighted by Gasteiger charge is -2.19. The minimum absolute atomic E-state index is 0.0157. The Bertz CT molecular complexity index is 1130. The Morgan fingerprint density at radius 1 is 0.941 bits per heavy atom. The molecular weight excluding hydrogens is 504 g/mol. The zero-order valence-electron chi connectivity index (χ0n) is 17.7. The van der Waals surface area contributed by atoms with Gasteiger partial charge in [-0.1, -0.05) is 24.0 Å². The average Bonchev–Trinajstić information content (AvgIpc) is 3.05. The number of halogens is 6. The molecule has 0 saturated carbocycles. The van der Waals surface area contributed by atoms with E-state index in [4.69, 9.17) is 21.7 Å². The van der Waals surface area contributed by atoms with E-state index < -0.39 is 29.4 Å². The summed E-state index contributed by atoms with van der Waals surface area (Å²) in [6.45, 7) is 3.49. The number of thioether (sulfide) groups is 1. The van der Waals surface area contributed by atoms with Crippen molar-refractivity contribution in [3.8, 4) is 22.6 Å². The quantitative estimate of drug-likeness (QED) is 0.261. The molecule has 0 bridgehead atoms. The Kier molecular flexibility index (Phi) is 7.51. The predicted octanol–water partition coefficient (Wildman–Crippen LogP) is 6.68. The van der Waals surface area contributed by atoms with Crippen LogP contribution in [0.1, 0.15) is 30.5 Å². The summed E-state index contributed by atoms with van der Waals surface area (Å²) >= 11 is 5.92. The number of carbonyl (C=O) groups excluding carboxylic acids is 1. The van der Waals surface area contributed by atoms with Crippen LogP contribution in [0, 0.1) is 0 Å². The SMILES string of the molecule is CCOc1cc(C=C2SC(=S)NC2=O)cc(-c2cc(C(F)(F)F)cc(C(F)(F)F)c2)c1OCC. The van der Waals surface area contributed by atoms with Crippen LogP contribution in [-0.2, 0) is 17.1 Å². The molecule has 182 valence electrons. The van der Waals surface area contributed by atoms with Crippen LogP contribution >= 0.6 is 24.0 Å². The molecule has 2 aromatic rings. The van der Waals surface area contributed by atoms with Crippen molar-refractivity contribution in [2.75, 3.05) is 13.2 Å². The van der Waals surface area contributed by atoms with E-state index in [2.05, 4.69) is 5.32 Å². The lowest BCUT2D eigenvalue weighted by molar-refractivity contribution is -0.143. The number of nitrogens with one attached hydrogen (secondary N) is 1. The maximum Gasteiger partial charge on any atom is 0.416 e. The van der Waals surface area contributed by atoms with Gasteiger partial charge in [-0.05, 0) is 61.4 Å². The highest BCUT2D eigenvalue weighted by Crippen LogP contribution is 2.44. The zero-order valence-corrected chi connectivity index (χ0v) is 19.3. The molecule has 1 heterocycles. The van der Waals surface area contributed by atoms with Crippen LogP contribution in [0.4, 0.5) is 26.3 Å². The molecule has 0 radical (unpaired) electrons. The second kappa shape index (κ2) is 9.87. The Labute approximate surface area is 200 Å². The molecule has 1 N–H and O–H groups in total. The molecule has 4 nitrogen and oxygen atoms in total. The summed E-state index contributed by atoms with van der Waals surface area (Å²) in [5.41, 5.74) is -3.04. The van der Waals surface area contributed by atoms with E-state index in [1.54, 1.807) is 13.8 Å². The molecule has 0 spiro atoms. The maximum absolute atomic E-state index is 13.4. The third kappa shape index (κ3) is 5.84. The first-order valence-electron chi connectivity index (χ1n) is 9.81. The zero-order chi connectivity index (χ0) is 25.3. The van der Waals surface area contributed by atoms with Crippen molar-refractivity contribution in [1.82, 2.24) is 5.32 Å². The maximum atomic E-state index is 13.4. The van der Waals surface area contributed by atoms with E-state index in [0.29, 0.717) is 17.7 Å². The molecule has 3 rings (SSSR count). The third-order valence-corrected chi connectivity index (χ3v) is 5.67. The van der Waals surface area contributed by atoms with Crippen molar-refractivity contribution in [3.63, 3.8) is 0 Å². The van der Waals surface area contributed by atoms with E-state index in [9.17, 15) is 31.1 Å². The molecule has 0 aliphatic carbocycles. The van der Waals surface area contributed by atoms with Gasteiger partial charge in [0.05, 0.1) is 29.2 Å². The first-order valence-corrected chi connectivity index (χ1v) is 11.0. The van der Waals surface area contributed by atoms with Gasteiger partial charge < -0.3 is 14.8 Å². The molecule has 0 unspecified atom stereocenters. The minimum Gasteiger partial charge on any atom is -0.490 e. The Balaban J connectivity index is 2.31. The van der Waals surface area contributed by atoms with Gasteiger partial charge in [-0.15, -0.1) is 0 Å². The molecule has 1 saturated heterocycles. The lowest BCUT2D eigenvalue weighted by Crippen LogP contribution is -2.17. The van der Waals surface area contributed by atoms with Crippen LogP contribution in [0.15, 0.2) is 35.2 Å². The highest BCUT2D eigenvalue weighted by molar-refractivity contribution is 8.26. The number of thiocarbonyl (C=S) groups is 1. The van der Waals surface area contributed by atoms with Crippen molar-refractivity contribution in [2.24, 2.45) is 0 Å². The van der Waals surface area contributed by atoms with Crippen LogP contribution in [0.5, 0.6) is 11.5 Å². The monoisotopic (exact) mass is 521 g/mol. The average molecular weight is 522 g/mol. The topological polar surface area (TPSA) is 47.6 Å². The molecule has 1 fully saturated rings. The molecule has 1 amide bonds. The molecule has 12 heteroatoms. The van der Waals surface area contributed by atoms with Gasteiger partial charge in [-0.2, -0.15) is 26.3 Å². The normalized spacial score (nSPS) is 15.6. The molecule has 34 heavy (non-hydrogen) atoms. The first-order chi connectivity index (χ1) is 15.8. The van der Waals surface area contributed by atoms with E-state index in [0.717, 1.165) is 11.8 Å². The minimum atomic E-state index is -5.02. The predicted molar refractivity (Wildman–Crippen MR) is 121 cm³/mol. The van der Waals surface area contributed by atoms with Crippen molar-refractivity contribution in [1.29, 1.82) is 0 Å². The number of alkyl halides is 6. The summed E-state index contributed by atoms with van der Waals surface area (Å²) in [7, 11) is 0. The van der Waals surface area contributed by atoms with E-state index >= 15 is 0 Å². The summed E-state index contributed by atoms with van der Waals surface area (Å²) in [5.74, 6) is -0.384.